The molecular formula is C11H13N3OS. The highest BCUT2D eigenvalue weighted by atomic mass is 32.1. The molecule has 1 aromatic heterocycles. The number of rotatable bonds is 4. The summed E-state index contributed by atoms with van der Waals surface area (Å²) in [7, 11) is 0. The van der Waals surface area contributed by atoms with Crippen molar-refractivity contribution in [2.24, 2.45) is 0 Å². The molecule has 0 amide bonds. The van der Waals surface area contributed by atoms with E-state index in [1.165, 1.54) is 11.3 Å². The Morgan fingerprint density at radius 1 is 1.38 bits per heavy atom. The molecule has 0 fully saturated rings. The number of nitrogens with two attached hydrogens (primary N) is 1. The van der Waals surface area contributed by atoms with Gasteiger partial charge in [-0.25, -0.2) is 4.98 Å². The van der Waals surface area contributed by atoms with E-state index in [1.807, 2.05) is 31.2 Å². The summed E-state index contributed by atoms with van der Waals surface area (Å²) in [4.78, 5) is 4.12. The molecule has 1 aromatic carbocycles. The lowest BCUT2D eigenvalue weighted by atomic mass is 10.3. The number of aromatic nitrogens is 1. The fraction of sp³-hybridized carbons (Fsp3) is 0.182. The average Bonchev–Trinajstić information content (AvgIpc) is 2.67. The maximum atomic E-state index is 5.59. The zero-order valence-electron chi connectivity index (χ0n) is 8.93. The first-order valence-corrected chi connectivity index (χ1v) is 5.81. The summed E-state index contributed by atoms with van der Waals surface area (Å²) in [5.41, 5.74) is 6.56. The van der Waals surface area contributed by atoms with Gasteiger partial charge in [-0.2, -0.15) is 0 Å². The molecule has 0 aliphatic rings. The van der Waals surface area contributed by atoms with Crippen LogP contribution in [-0.2, 0) is 0 Å². The van der Waals surface area contributed by atoms with Crippen molar-refractivity contribution in [1.29, 1.82) is 0 Å². The van der Waals surface area contributed by atoms with E-state index in [1.54, 1.807) is 6.20 Å². The third kappa shape index (κ3) is 2.64. The van der Waals surface area contributed by atoms with E-state index in [9.17, 15) is 0 Å². The van der Waals surface area contributed by atoms with E-state index in [0.717, 1.165) is 16.6 Å². The van der Waals surface area contributed by atoms with Gasteiger partial charge in [0.25, 0.3) is 0 Å². The number of thiazole rings is 1. The molecule has 2 rings (SSSR count). The Balaban J connectivity index is 2.05. The summed E-state index contributed by atoms with van der Waals surface area (Å²) in [6, 6.07) is 7.73. The molecule has 2 aromatic rings. The SMILES string of the molecule is CCOc1ccc(Nc2ncc(N)s2)cc1. The second kappa shape index (κ2) is 4.85. The number of hydrogen-bond donors (Lipinski definition) is 2. The summed E-state index contributed by atoms with van der Waals surface area (Å²) in [5.74, 6) is 0.867. The standard InChI is InChI=1S/C11H13N3OS/c1-2-15-9-5-3-8(4-6-9)14-11-13-7-10(12)16-11/h3-7H,2,12H2,1H3,(H,13,14). The van der Waals surface area contributed by atoms with Crippen molar-refractivity contribution in [3.05, 3.63) is 30.5 Å². The number of benzene rings is 1. The zero-order valence-corrected chi connectivity index (χ0v) is 9.75. The molecule has 0 radical (unpaired) electrons. The first-order chi connectivity index (χ1) is 7.78. The maximum Gasteiger partial charge on any atom is 0.189 e. The summed E-state index contributed by atoms with van der Waals surface area (Å²) in [6.07, 6.45) is 1.64. The lowest BCUT2D eigenvalue weighted by Crippen LogP contribution is -1.92. The summed E-state index contributed by atoms with van der Waals surface area (Å²) in [6.45, 7) is 2.64. The molecule has 0 saturated carbocycles. The fourth-order valence-electron chi connectivity index (χ4n) is 1.27. The highest BCUT2D eigenvalue weighted by molar-refractivity contribution is 7.19. The van der Waals surface area contributed by atoms with Crippen LogP contribution in [0.2, 0.25) is 0 Å². The van der Waals surface area contributed by atoms with Gasteiger partial charge in [0.2, 0.25) is 0 Å². The van der Waals surface area contributed by atoms with Gasteiger partial charge in [0.05, 0.1) is 12.8 Å². The predicted molar refractivity (Wildman–Crippen MR) is 67.4 cm³/mol. The first-order valence-electron chi connectivity index (χ1n) is 4.99. The van der Waals surface area contributed by atoms with Crippen LogP contribution >= 0.6 is 11.3 Å². The van der Waals surface area contributed by atoms with Crippen LogP contribution < -0.4 is 15.8 Å². The second-order valence-electron chi connectivity index (χ2n) is 3.15. The number of nitrogens with one attached hydrogen (secondary N) is 1. The first kappa shape index (κ1) is 10.8. The van der Waals surface area contributed by atoms with Gasteiger partial charge in [0, 0.05) is 5.69 Å². The topological polar surface area (TPSA) is 60.2 Å². The largest absolute Gasteiger partial charge is 0.494 e. The lowest BCUT2D eigenvalue weighted by molar-refractivity contribution is 0.340. The Kier molecular flexibility index (Phi) is 3.26. The van der Waals surface area contributed by atoms with Crippen LogP contribution in [0.15, 0.2) is 30.5 Å². The quantitative estimate of drug-likeness (QED) is 0.855. The van der Waals surface area contributed by atoms with Crippen LogP contribution in [0.25, 0.3) is 0 Å². The van der Waals surface area contributed by atoms with Gasteiger partial charge in [-0.05, 0) is 31.2 Å². The average molecular weight is 235 g/mol. The van der Waals surface area contributed by atoms with E-state index in [2.05, 4.69) is 10.3 Å². The Morgan fingerprint density at radius 2 is 2.12 bits per heavy atom. The van der Waals surface area contributed by atoms with E-state index >= 15 is 0 Å². The van der Waals surface area contributed by atoms with Gasteiger partial charge in [0.15, 0.2) is 5.13 Å². The van der Waals surface area contributed by atoms with Crippen molar-refractivity contribution in [2.75, 3.05) is 17.7 Å². The molecule has 84 valence electrons. The van der Waals surface area contributed by atoms with Gasteiger partial charge in [0.1, 0.15) is 10.8 Å². The predicted octanol–water partition coefficient (Wildman–Crippen LogP) is 2.87. The Labute approximate surface area is 98.1 Å². The minimum absolute atomic E-state index is 0.676. The molecular weight excluding hydrogens is 222 g/mol. The van der Waals surface area contributed by atoms with Crippen molar-refractivity contribution < 1.29 is 4.74 Å². The molecule has 0 saturated heterocycles. The smallest absolute Gasteiger partial charge is 0.189 e. The van der Waals surface area contributed by atoms with Gasteiger partial charge in [-0.15, -0.1) is 0 Å². The molecule has 4 nitrogen and oxygen atoms in total. The van der Waals surface area contributed by atoms with Crippen molar-refractivity contribution in [3.8, 4) is 5.75 Å². The van der Waals surface area contributed by atoms with Crippen LogP contribution in [0.4, 0.5) is 15.8 Å². The van der Waals surface area contributed by atoms with Crippen molar-refractivity contribution in [2.45, 2.75) is 6.92 Å². The van der Waals surface area contributed by atoms with Gasteiger partial charge < -0.3 is 15.8 Å². The van der Waals surface area contributed by atoms with Crippen molar-refractivity contribution >= 4 is 27.2 Å². The van der Waals surface area contributed by atoms with E-state index < -0.39 is 0 Å². The van der Waals surface area contributed by atoms with E-state index in [0.29, 0.717) is 11.6 Å². The number of nitrogen functional groups attached to an aromatic ring is 1. The van der Waals surface area contributed by atoms with Gasteiger partial charge in [-0.1, -0.05) is 11.3 Å². The third-order valence-electron chi connectivity index (χ3n) is 1.94. The summed E-state index contributed by atoms with van der Waals surface area (Å²) in [5, 5.41) is 4.66. The highest BCUT2D eigenvalue weighted by Crippen LogP contribution is 2.24. The number of anilines is 3. The second-order valence-corrected chi connectivity index (χ2v) is 4.21. The molecule has 0 unspecified atom stereocenters. The molecule has 1 heterocycles. The summed E-state index contributed by atoms with van der Waals surface area (Å²) < 4.78 is 5.35. The maximum absolute atomic E-state index is 5.59. The molecule has 0 atom stereocenters. The van der Waals surface area contributed by atoms with Crippen molar-refractivity contribution in [1.82, 2.24) is 4.98 Å². The fourth-order valence-corrected chi connectivity index (χ4v) is 1.87. The van der Waals surface area contributed by atoms with E-state index in [4.69, 9.17) is 10.5 Å². The Hall–Kier alpha value is -1.75. The van der Waals surface area contributed by atoms with Crippen LogP contribution in [0.1, 0.15) is 6.92 Å². The number of nitrogens with zero attached hydrogens (tertiary/aromatic N) is 1. The Bertz CT molecular complexity index is 453. The van der Waals surface area contributed by atoms with Crippen LogP contribution in [0, 0.1) is 0 Å². The molecule has 0 aliphatic carbocycles. The molecule has 5 heteroatoms. The molecule has 0 spiro atoms. The normalized spacial score (nSPS) is 10.1. The number of hydrogen-bond acceptors (Lipinski definition) is 5. The van der Waals surface area contributed by atoms with Gasteiger partial charge >= 0.3 is 0 Å². The highest BCUT2D eigenvalue weighted by Gasteiger charge is 1.99. The van der Waals surface area contributed by atoms with Crippen molar-refractivity contribution in [3.63, 3.8) is 0 Å². The monoisotopic (exact) mass is 235 g/mol. The van der Waals surface area contributed by atoms with Crippen LogP contribution in [-0.4, -0.2) is 11.6 Å². The molecule has 16 heavy (non-hydrogen) atoms. The third-order valence-corrected chi connectivity index (χ3v) is 2.68. The zero-order chi connectivity index (χ0) is 11.4. The number of ether oxygens (including phenoxy) is 1. The minimum atomic E-state index is 0.676. The lowest BCUT2D eigenvalue weighted by Gasteiger charge is -2.05. The Morgan fingerprint density at radius 3 is 2.69 bits per heavy atom. The van der Waals surface area contributed by atoms with Crippen LogP contribution in [0.3, 0.4) is 0 Å². The molecule has 0 bridgehead atoms. The van der Waals surface area contributed by atoms with Crippen LogP contribution in [0.5, 0.6) is 5.75 Å². The molecule has 0 aliphatic heterocycles. The summed E-state index contributed by atoms with van der Waals surface area (Å²) >= 11 is 1.42. The van der Waals surface area contributed by atoms with Gasteiger partial charge in [-0.3, -0.25) is 0 Å². The molecule has 3 N–H and O–H groups in total. The minimum Gasteiger partial charge on any atom is -0.494 e. The van der Waals surface area contributed by atoms with E-state index in [-0.39, 0.29) is 0 Å².